The average Bonchev–Trinajstić information content (AvgIpc) is 3.09. The second-order valence-corrected chi connectivity index (χ2v) is 8.71. The van der Waals surface area contributed by atoms with Crippen LogP contribution in [0.15, 0.2) is 0 Å². The molecule has 1 aliphatic carbocycles. The smallest absolute Gasteiger partial charge is 0.237 e. The Labute approximate surface area is 158 Å². The van der Waals surface area contributed by atoms with Crippen molar-refractivity contribution in [2.75, 3.05) is 32.7 Å². The maximum absolute atomic E-state index is 12.9. The summed E-state index contributed by atoms with van der Waals surface area (Å²) in [5.41, 5.74) is -0.0898. The Kier molecular flexibility index (Phi) is 6.56. The minimum Gasteiger partial charge on any atom is -0.353 e. The highest BCUT2D eigenvalue weighted by atomic mass is 16.2. The third-order valence-corrected chi connectivity index (χ3v) is 6.35. The van der Waals surface area contributed by atoms with E-state index in [1.165, 1.54) is 32.1 Å². The molecule has 0 bridgehead atoms. The minimum absolute atomic E-state index is 0.00247. The highest BCUT2D eigenvalue weighted by Gasteiger charge is 2.38. The van der Waals surface area contributed by atoms with Crippen molar-refractivity contribution in [3.8, 4) is 0 Å². The summed E-state index contributed by atoms with van der Waals surface area (Å²) in [5, 5.41) is 6.32. The number of likely N-dealkylation sites (tertiary alicyclic amines) is 1. The summed E-state index contributed by atoms with van der Waals surface area (Å²) < 4.78 is 0. The van der Waals surface area contributed by atoms with Crippen LogP contribution in [0.1, 0.15) is 65.2 Å². The number of nitrogens with one attached hydrogen (secondary N) is 2. The van der Waals surface area contributed by atoms with Gasteiger partial charge in [0.25, 0.3) is 0 Å². The van der Waals surface area contributed by atoms with Gasteiger partial charge in [0.05, 0.1) is 18.0 Å². The lowest BCUT2D eigenvalue weighted by Gasteiger charge is -2.42. The Morgan fingerprint density at radius 1 is 1.15 bits per heavy atom. The monoisotopic (exact) mass is 364 g/mol. The fraction of sp³-hybridized carbons (Fsp3) is 0.900. The van der Waals surface area contributed by atoms with E-state index in [1.54, 1.807) is 0 Å². The van der Waals surface area contributed by atoms with E-state index in [9.17, 15) is 9.59 Å². The molecule has 26 heavy (non-hydrogen) atoms. The number of carbonyl (C=O) groups is 2. The molecule has 0 aromatic heterocycles. The maximum atomic E-state index is 12.9. The van der Waals surface area contributed by atoms with E-state index in [0.717, 1.165) is 39.0 Å². The Hall–Kier alpha value is -1.14. The average molecular weight is 365 g/mol. The topological polar surface area (TPSA) is 64.7 Å². The van der Waals surface area contributed by atoms with Crippen molar-refractivity contribution in [3.05, 3.63) is 0 Å². The van der Waals surface area contributed by atoms with Gasteiger partial charge in [-0.15, -0.1) is 0 Å². The van der Waals surface area contributed by atoms with Crippen molar-refractivity contribution in [2.24, 2.45) is 0 Å². The van der Waals surface area contributed by atoms with Gasteiger partial charge in [0.2, 0.25) is 11.8 Å². The molecule has 1 unspecified atom stereocenters. The Balaban J connectivity index is 1.63. The van der Waals surface area contributed by atoms with Gasteiger partial charge in [-0.1, -0.05) is 19.3 Å². The standard InChI is InChI=1S/C20H36N4O2/c1-16(2)24-13-10-21-19(26)17(24)14-18(25)22-20(8-4-3-5-9-20)15-23-11-6-7-12-23/h16-17H,3-15H2,1-2H3,(H,21,26)(H,22,25). The molecular formula is C20H36N4O2. The number of amides is 2. The first-order valence-corrected chi connectivity index (χ1v) is 10.6. The molecule has 148 valence electrons. The fourth-order valence-corrected chi connectivity index (χ4v) is 5.00. The van der Waals surface area contributed by atoms with Gasteiger partial charge in [-0.2, -0.15) is 0 Å². The van der Waals surface area contributed by atoms with Crippen LogP contribution < -0.4 is 10.6 Å². The molecule has 2 aliphatic heterocycles. The molecule has 3 fully saturated rings. The van der Waals surface area contributed by atoms with Gasteiger partial charge in [0.15, 0.2) is 0 Å². The predicted octanol–water partition coefficient (Wildman–Crippen LogP) is 1.50. The van der Waals surface area contributed by atoms with Gasteiger partial charge in [0, 0.05) is 25.7 Å². The lowest BCUT2D eigenvalue weighted by atomic mass is 9.81. The van der Waals surface area contributed by atoms with Crippen molar-refractivity contribution in [2.45, 2.75) is 82.8 Å². The van der Waals surface area contributed by atoms with E-state index in [2.05, 4.69) is 34.3 Å². The van der Waals surface area contributed by atoms with Crippen molar-refractivity contribution in [3.63, 3.8) is 0 Å². The van der Waals surface area contributed by atoms with Gasteiger partial charge in [0.1, 0.15) is 0 Å². The molecule has 0 spiro atoms. The third-order valence-electron chi connectivity index (χ3n) is 6.35. The van der Waals surface area contributed by atoms with Crippen LogP contribution in [0.5, 0.6) is 0 Å². The molecule has 1 saturated carbocycles. The molecule has 0 aromatic rings. The van der Waals surface area contributed by atoms with E-state index >= 15 is 0 Å². The molecule has 6 nitrogen and oxygen atoms in total. The summed E-state index contributed by atoms with van der Waals surface area (Å²) in [6.07, 6.45) is 8.60. The van der Waals surface area contributed by atoms with Gasteiger partial charge in [-0.3, -0.25) is 14.5 Å². The molecule has 2 saturated heterocycles. The van der Waals surface area contributed by atoms with Gasteiger partial charge in [-0.05, 0) is 52.6 Å². The summed E-state index contributed by atoms with van der Waals surface area (Å²) in [4.78, 5) is 30.0. The molecule has 2 N–H and O–H groups in total. The molecule has 2 heterocycles. The molecule has 1 atom stereocenters. The van der Waals surface area contributed by atoms with Crippen molar-refractivity contribution in [1.82, 2.24) is 20.4 Å². The third kappa shape index (κ3) is 4.77. The number of hydrogen-bond acceptors (Lipinski definition) is 4. The zero-order valence-corrected chi connectivity index (χ0v) is 16.6. The SMILES string of the molecule is CC(C)N1CCNC(=O)C1CC(=O)NC1(CN2CCCC2)CCCCC1. The summed E-state index contributed by atoms with van der Waals surface area (Å²) >= 11 is 0. The van der Waals surface area contributed by atoms with Gasteiger partial charge >= 0.3 is 0 Å². The second kappa shape index (κ2) is 8.70. The zero-order chi connectivity index (χ0) is 18.6. The largest absolute Gasteiger partial charge is 0.353 e. The molecule has 3 aliphatic rings. The fourth-order valence-electron chi connectivity index (χ4n) is 5.00. The molecule has 6 heteroatoms. The highest BCUT2D eigenvalue weighted by molar-refractivity contribution is 5.89. The molecule has 2 amide bonds. The summed E-state index contributed by atoms with van der Waals surface area (Å²) in [6, 6.07) is -0.0664. The number of rotatable bonds is 6. The van der Waals surface area contributed by atoms with Crippen molar-refractivity contribution in [1.29, 1.82) is 0 Å². The van der Waals surface area contributed by atoms with Crippen molar-refractivity contribution >= 4 is 11.8 Å². The molecular weight excluding hydrogens is 328 g/mol. The van der Waals surface area contributed by atoms with Crippen LogP contribution in [-0.4, -0.2) is 72.0 Å². The first-order chi connectivity index (χ1) is 12.5. The summed E-state index contributed by atoms with van der Waals surface area (Å²) in [6.45, 7) is 8.98. The lowest BCUT2D eigenvalue weighted by Crippen LogP contribution is -2.61. The lowest BCUT2D eigenvalue weighted by molar-refractivity contribution is -0.135. The second-order valence-electron chi connectivity index (χ2n) is 8.71. The Morgan fingerprint density at radius 2 is 1.85 bits per heavy atom. The van der Waals surface area contributed by atoms with Crippen LogP contribution in [0.2, 0.25) is 0 Å². The normalized spacial score (nSPS) is 27.5. The van der Waals surface area contributed by atoms with E-state index in [4.69, 9.17) is 0 Å². The molecule has 0 radical (unpaired) electrons. The number of carbonyl (C=O) groups excluding carboxylic acids is 2. The predicted molar refractivity (Wildman–Crippen MR) is 103 cm³/mol. The minimum atomic E-state index is -0.337. The zero-order valence-electron chi connectivity index (χ0n) is 16.6. The van der Waals surface area contributed by atoms with Gasteiger partial charge in [-0.25, -0.2) is 0 Å². The van der Waals surface area contributed by atoms with E-state index in [0.29, 0.717) is 6.54 Å². The van der Waals surface area contributed by atoms with Crippen LogP contribution in [0.25, 0.3) is 0 Å². The number of hydrogen-bond donors (Lipinski definition) is 2. The van der Waals surface area contributed by atoms with Crippen LogP contribution >= 0.6 is 0 Å². The quantitative estimate of drug-likeness (QED) is 0.750. The molecule has 3 rings (SSSR count). The van der Waals surface area contributed by atoms with Crippen LogP contribution in [0.3, 0.4) is 0 Å². The van der Waals surface area contributed by atoms with Gasteiger partial charge < -0.3 is 15.5 Å². The van der Waals surface area contributed by atoms with E-state index in [-0.39, 0.29) is 35.9 Å². The van der Waals surface area contributed by atoms with Crippen molar-refractivity contribution < 1.29 is 9.59 Å². The van der Waals surface area contributed by atoms with E-state index < -0.39 is 0 Å². The van der Waals surface area contributed by atoms with E-state index in [1.807, 2.05) is 0 Å². The number of nitrogens with zero attached hydrogens (tertiary/aromatic N) is 2. The number of piperazine rings is 1. The first kappa shape index (κ1) is 19.6. The Morgan fingerprint density at radius 3 is 2.50 bits per heavy atom. The van der Waals surface area contributed by atoms with Crippen LogP contribution in [-0.2, 0) is 9.59 Å². The summed E-state index contributed by atoms with van der Waals surface area (Å²) in [5.74, 6) is 0.0381. The Bertz CT molecular complexity index is 496. The summed E-state index contributed by atoms with van der Waals surface area (Å²) in [7, 11) is 0. The molecule has 0 aromatic carbocycles. The highest BCUT2D eigenvalue weighted by Crippen LogP contribution is 2.30. The van der Waals surface area contributed by atoms with Crippen LogP contribution in [0, 0.1) is 0 Å². The maximum Gasteiger partial charge on any atom is 0.237 e. The first-order valence-electron chi connectivity index (χ1n) is 10.6. The van der Waals surface area contributed by atoms with Crippen LogP contribution in [0.4, 0.5) is 0 Å².